The Balaban J connectivity index is 2.08. The van der Waals surface area contributed by atoms with Gasteiger partial charge in [0.1, 0.15) is 0 Å². The van der Waals surface area contributed by atoms with Crippen LogP contribution in [-0.4, -0.2) is 28.9 Å². The lowest BCUT2D eigenvalue weighted by Gasteiger charge is -2.22. The zero-order valence-corrected chi connectivity index (χ0v) is 13.0. The van der Waals surface area contributed by atoms with Gasteiger partial charge in [-0.1, -0.05) is 17.7 Å². The number of hydrogen-bond donors (Lipinski definition) is 0. The van der Waals surface area contributed by atoms with E-state index < -0.39 is 0 Å². The van der Waals surface area contributed by atoms with Gasteiger partial charge in [0.2, 0.25) is 0 Å². The molecular weight excluding hydrogens is 260 g/mol. The van der Waals surface area contributed by atoms with Gasteiger partial charge in [-0.15, -0.1) is 0 Å². The molecule has 0 atom stereocenters. The van der Waals surface area contributed by atoms with Crippen LogP contribution < -0.4 is 0 Å². The van der Waals surface area contributed by atoms with Crippen molar-refractivity contribution in [1.29, 1.82) is 0 Å². The van der Waals surface area contributed by atoms with E-state index in [1.165, 1.54) is 11.1 Å². The molecule has 0 radical (unpaired) electrons. The van der Waals surface area contributed by atoms with Crippen molar-refractivity contribution in [3.05, 3.63) is 65.0 Å². The summed E-state index contributed by atoms with van der Waals surface area (Å²) in [4.78, 5) is 18.6. The van der Waals surface area contributed by atoms with Gasteiger partial charge < -0.3 is 4.90 Å². The van der Waals surface area contributed by atoms with Crippen molar-refractivity contribution >= 4 is 5.91 Å². The second-order valence-electron chi connectivity index (χ2n) is 5.31. The molecule has 0 saturated carbocycles. The molecule has 0 unspecified atom stereocenters. The predicted molar refractivity (Wildman–Crippen MR) is 85.4 cm³/mol. The molecule has 0 fully saturated rings. The monoisotopic (exact) mass is 282 g/mol. The summed E-state index contributed by atoms with van der Waals surface area (Å²) in [5.74, 6) is 0.115. The first-order valence-electron chi connectivity index (χ1n) is 7.37. The number of carbonyl (C=O) groups excluding carboxylic acids is 1. The summed E-state index contributed by atoms with van der Waals surface area (Å²) in [6.45, 7) is 7.51. The zero-order valence-electron chi connectivity index (χ0n) is 13.0. The summed E-state index contributed by atoms with van der Waals surface area (Å²) in [6.07, 6.45) is 4.43. The summed E-state index contributed by atoms with van der Waals surface area (Å²) in [5, 5.41) is 0. The summed E-state index contributed by atoms with van der Waals surface area (Å²) in [6, 6.07) is 9.98. The molecule has 0 aliphatic carbocycles. The number of nitrogens with zero attached hydrogens (tertiary/aromatic N) is 2. The summed E-state index contributed by atoms with van der Waals surface area (Å²) >= 11 is 0. The van der Waals surface area contributed by atoms with Crippen LogP contribution in [0.15, 0.2) is 42.7 Å². The fourth-order valence-corrected chi connectivity index (χ4v) is 2.44. The van der Waals surface area contributed by atoms with Gasteiger partial charge in [-0.05, 0) is 56.5 Å². The van der Waals surface area contributed by atoms with Gasteiger partial charge in [0.05, 0.1) is 0 Å². The molecule has 1 amide bonds. The number of benzene rings is 1. The zero-order chi connectivity index (χ0) is 15.2. The van der Waals surface area contributed by atoms with Crippen LogP contribution in [0.2, 0.25) is 0 Å². The van der Waals surface area contributed by atoms with Crippen LogP contribution in [0.5, 0.6) is 0 Å². The van der Waals surface area contributed by atoms with E-state index in [0.29, 0.717) is 0 Å². The number of likely N-dealkylation sites (N-methyl/N-ethyl adjacent to an activating group) is 1. The van der Waals surface area contributed by atoms with Crippen LogP contribution >= 0.6 is 0 Å². The van der Waals surface area contributed by atoms with E-state index in [2.05, 4.69) is 11.1 Å². The third-order valence-corrected chi connectivity index (χ3v) is 3.70. The maximum atomic E-state index is 12.6. The maximum Gasteiger partial charge on any atom is 0.254 e. The second kappa shape index (κ2) is 7.02. The molecule has 2 aromatic rings. The Labute approximate surface area is 126 Å². The maximum absolute atomic E-state index is 12.6. The highest BCUT2D eigenvalue weighted by Gasteiger charge is 2.15. The van der Waals surface area contributed by atoms with E-state index in [-0.39, 0.29) is 5.91 Å². The molecule has 1 aromatic heterocycles. The Kier molecular flexibility index (Phi) is 5.09. The number of aromatic nitrogens is 1. The molecule has 0 aliphatic heterocycles. The number of rotatable bonds is 5. The lowest BCUT2D eigenvalue weighted by molar-refractivity contribution is 0.0765. The molecule has 0 N–H and O–H groups in total. The average Bonchev–Trinajstić information content (AvgIpc) is 2.48. The first-order chi connectivity index (χ1) is 10.1. The van der Waals surface area contributed by atoms with Crippen molar-refractivity contribution < 1.29 is 4.79 Å². The third-order valence-electron chi connectivity index (χ3n) is 3.70. The van der Waals surface area contributed by atoms with Crippen molar-refractivity contribution in [3.8, 4) is 0 Å². The second-order valence-corrected chi connectivity index (χ2v) is 5.31. The molecule has 0 saturated heterocycles. The smallest absolute Gasteiger partial charge is 0.254 e. The van der Waals surface area contributed by atoms with Crippen molar-refractivity contribution in [2.45, 2.75) is 27.2 Å². The van der Waals surface area contributed by atoms with Crippen molar-refractivity contribution in [1.82, 2.24) is 9.88 Å². The Morgan fingerprint density at radius 1 is 1.14 bits per heavy atom. The van der Waals surface area contributed by atoms with E-state index in [0.717, 1.165) is 30.6 Å². The van der Waals surface area contributed by atoms with Crippen molar-refractivity contribution in [3.63, 3.8) is 0 Å². The van der Waals surface area contributed by atoms with Crippen LogP contribution in [0, 0.1) is 13.8 Å². The van der Waals surface area contributed by atoms with E-state index >= 15 is 0 Å². The number of aryl methyl sites for hydroxylation is 2. The van der Waals surface area contributed by atoms with Gasteiger partial charge in [-0.25, -0.2) is 0 Å². The molecule has 0 aliphatic rings. The minimum Gasteiger partial charge on any atom is -0.339 e. The Bertz CT molecular complexity index is 608. The molecule has 3 nitrogen and oxygen atoms in total. The quantitative estimate of drug-likeness (QED) is 0.842. The Morgan fingerprint density at radius 2 is 1.86 bits per heavy atom. The van der Waals surface area contributed by atoms with Gasteiger partial charge in [-0.2, -0.15) is 0 Å². The van der Waals surface area contributed by atoms with Crippen molar-refractivity contribution in [2.24, 2.45) is 0 Å². The molecule has 2 rings (SSSR count). The fourth-order valence-electron chi connectivity index (χ4n) is 2.44. The average molecular weight is 282 g/mol. The summed E-state index contributed by atoms with van der Waals surface area (Å²) in [7, 11) is 0. The highest BCUT2D eigenvalue weighted by atomic mass is 16.2. The minimum atomic E-state index is 0.115. The van der Waals surface area contributed by atoms with Crippen LogP contribution in [0.25, 0.3) is 0 Å². The minimum absolute atomic E-state index is 0.115. The van der Waals surface area contributed by atoms with Crippen LogP contribution in [0.4, 0.5) is 0 Å². The molecule has 0 bridgehead atoms. The van der Waals surface area contributed by atoms with Crippen LogP contribution in [-0.2, 0) is 6.42 Å². The number of amides is 1. The first kappa shape index (κ1) is 15.2. The SMILES string of the molecule is CCN(CCc1ccncc1)C(=O)c1ccc(C)cc1C. The molecular formula is C18H22N2O. The predicted octanol–water partition coefficient (Wildman–Crippen LogP) is 3.40. The Morgan fingerprint density at radius 3 is 2.48 bits per heavy atom. The lowest BCUT2D eigenvalue weighted by Crippen LogP contribution is -2.33. The fraction of sp³-hybridized carbons (Fsp3) is 0.333. The van der Waals surface area contributed by atoms with E-state index in [1.807, 2.05) is 49.9 Å². The molecule has 1 heterocycles. The molecule has 1 aromatic carbocycles. The van der Waals surface area contributed by atoms with Gasteiger partial charge >= 0.3 is 0 Å². The van der Waals surface area contributed by atoms with Crippen molar-refractivity contribution in [2.75, 3.05) is 13.1 Å². The number of carbonyl (C=O) groups is 1. The van der Waals surface area contributed by atoms with Gasteiger partial charge in [-0.3, -0.25) is 9.78 Å². The van der Waals surface area contributed by atoms with Gasteiger partial charge in [0.15, 0.2) is 0 Å². The molecule has 110 valence electrons. The molecule has 3 heteroatoms. The third kappa shape index (κ3) is 3.91. The summed E-state index contributed by atoms with van der Waals surface area (Å²) < 4.78 is 0. The highest BCUT2D eigenvalue weighted by molar-refractivity contribution is 5.95. The van der Waals surface area contributed by atoms with E-state index in [4.69, 9.17) is 0 Å². The van der Waals surface area contributed by atoms with E-state index in [1.54, 1.807) is 12.4 Å². The standard InChI is InChI=1S/C18H22N2O/c1-4-20(12-9-16-7-10-19-11-8-16)18(21)17-6-5-14(2)13-15(17)3/h5-8,10-11,13H,4,9,12H2,1-3H3. The number of hydrogen-bond acceptors (Lipinski definition) is 2. The topological polar surface area (TPSA) is 33.2 Å². The molecule has 0 spiro atoms. The number of pyridine rings is 1. The summed E-state index contributed by atoms with van der Waals surface area (Å²) in [5.41, 5.74) is 4.24. The largest absolute Gasteiger partial charge is 0.339 e. The van der Waals surface area contributed by atoms with Gasteiger partial charge in [0, 0.05) is 31.0 Å². The Hall–Kier alpha value is -2.16. The van der Waals surface area contributed by atoms with Crippen LogP contribution in [0.1, 0.15) is 34.0 Å². The van der Waals surface area contributed by atoms with Gasteiger partial charge in [0.25, 0.3) is 5.91 Å². The lowest BCUT2D eigenvalue weighted by atomic mass is 10.0. The highest BCUT2D eigenvalue weighted by Crippen LogP contribution is 2.14. The normalized spacial score (nSPS) is 10.4. The first-order valence-corrected chi connectivity index (χ1v) is 7.37. The van der Waals surface area contributed by atoms with E-state index in [9.17, 15) is 4.79 Å². The molecule has 21 heavy (non-hydrogen) atoms. The van der Waals surface area contributed by atoms with Crippen LogP contribution in [0.3, 0.4) is 0 Å².